The van der Waals surface area contributed by atoms with Crippen LogP contribution in [0.4, 0.5) is 11.4 Å². The van der Waals surface area contributed by atoms with Crippen LogP contribution in [0.3, 0.4) is 0 Å². The van der Waals surface area contributed by atoms with Crippen molar-refractivity contribution < 1.29 is 9.53 Å². The van der Waals surface area contributed by atoms with Crippen molar-refractivity contribution >= 4 is 17.3 Å². The van der Waals surface area contributed by atoms with Crippen molar-refractivity contribution in [1.82, 2.24) is 0 Å². The first kappa shape index (κ1) is 15.6. The van der Waals surface area contributed by atoms with Gasteiger partial charge < -0.3 is 15.0 Å². The van der Waals surface area contributed by atoms with Crippen molar-refractivity contribution in [2.45, 2.75) is 6.42 Å². The minimum atomic E-state index is -0.424. The Kier molecular flexibility index (Phi) is 4.48. The highest BCUT2D eigenvalue weighted by atomic mass is 16.5. The molecule has 2 aromatic rings. The molecule has 2 aromatic carbocycles. The second kappa shape index (κ2) is 6.88. The van der Waals surface area contributed by atoms with Gasteiger partial charge >= 0.3 is 0 Å². The molecular formula is C19H17N3O2. The molecule has 1 aliphatic heterocycles. The van der Waals surface area contributed by atoms with Crippen LogP contribution in [0.25, 0.3) is 0 Å². The first-order valence-electron chi connectivity index (χ1n) is 7.63. The maximum absolute atomic E-state index is 12.3. The van der Waals surface area contributed by atoms with Crippen molar-refractivity contribution in [3.8, 4) is 11.8 Å². The Morgan fingerprint density at radius 3 is 2.71 bits per heavy atom. The van der Waals surface area contributed by atoms with Crippen molar-refractivity contribution in [2.24, 2.45) is 0 Å². The Hall–Kier alpha value is -3.26. The van der Waals surface area contributed by atoms with Gasteiger partial charge in [0.1, 0.15) is 17.4 Å². The molecule has 0 unspecified atom stereocenters. The summed E-state index contributed by atoms with van der Waals surface area (Å²) < 4.78 is 5.08. The maximum atomic E-state index is 12.3. The number of anilines is 2. The van der Waals surface area contributed by atoms with E-state index in [4.69, 9.17) is 4.74 Å². The minimum Gasteiger partial charge on any atom is -0.497 e. The molecule has 0 bridgehead atoms. The molecule has 0 spiro atoms. The molecule has 1 heterocycles. The van der Waals surface area contributed by atoms with E-state index in [2.05, 4.69) is 11.4 Å². The van der Waals surface area contributed by atoms with Crippen LogP contribution in [-0.2, 0) is 11.2 Å². The fourth-order valence-electron chi connectivity index (χ4n) is 2.66. The molecule has 0 radical (unpaired) electrons. The number of nitriles is 1. The SMILES string of the molecule is COc1ccc(NC(=O)/C(C#N)=C\N2CCc3ccccc32)cc1. The van der Waals surface area contributed by atoms with E-state index >= 15 is 0 Å². The quantitative estimate of drug-likeness (QED) is 0.694. The zero-order valence-corrected chi connectivity index (χ0v) is 13.3. The Bertz CT molecular complexity index is 819. The van der Waals surface area contributed by atoms with Gasteiger partial charge in [0.2, 0.25) is 0 Å². The van der Waals surface area contributed by atoms with Gasteiger partial charge in [0.05, 0.1) is 7.11 Å². The number of nitrogens with zero attached hydrogens (tertiary/aromatic N) is 2. The molecule has 0 aliphatic carbocycles. The number of carbonyl (C=O) groups is 1. The van der Waals surface area contributed by atoms with Crippen LogP contribution in [0, 0.1) is 11.3 Å². The zero-order chi connectivity index (χ0) is 16.9. The molecule has 1 N–H and O–H groups in total. The fraction of sp³-hybridized carbons (Fsp3) is 0.158. The molecule has 0 fully saturated rings. The summed E-state index contributed by atoms with van der Waals surface area (Å²) in [6.07, 6.45) is 2.52. The number of rotatable bonds is 4. The number of hydrogen-bond acceptors (Lipinski definition) is 4. The predicted octanol–water partition coefficient (Wildman–Crippen LogP) is 3.10. The zero-order valence-electron chi connectivity index (χ0n) is 13.3. The van der Waals surface area contributed by atoms with Crippen LogP contribution in [0.15, 0.2) is 60.3 Å². The summed E-state index contributed by atoms with van der Waals surface area (Å²) in [6.45, 7) is 0.764. The number of nitrogens with one attached hydrogen (secondary N) is 1. The lowest BCUT2D eigenvalue weighted by Crippen LogP contribution is -2.19. The molecular weight excluding hydrogens is 302 g/mol. The Morgan fingerprint density at radius 2 is 2.00 bits per heavy atom. The molecule has 120 valence electrons. The van der Waals surface area contributed by atoms with E-state index in [9.17, 15) is 10.1 Å². The van der Waals surface area contributed by atoms with E-state index in [1.807, 2.05) is 29.2 Å². The Morgan fingerprint density at radius 1 is 1.25 bits per heavy atom. The predicted molar refractivity (Wildman–Crippen MR) is 92.8 cm³/mol. The standard InChI is InChI=1S/C19H17N3O2/c1-24-17-8-6-16(7-9-17)21-19(23)15(12-20)13-22-11-10-14-4-2-3-5-18(14)22/h2-9,13H,10-11H2,1H3,(H,21,23)/b15-13-. The number of ether oxygens (including phenoxy) is 1. The van der Waals surface area contributed by atoms with Gasteiger partial charge in [0.15, 0.2) is 0 Å². The van der Waals surface area contributed by atoms with Crippen molar-refractivity contribution in [2.75, 3.05) is 23.9 Å². The van der Waals surface area contributed by atoms with E-state index in [-0.39, 0.29) is 5.57 Å². The van der Waals surface area contributed by atoms with E-state index < -0.39 is 5.91 Å². The van der Waals surface area contributed by atoms with E-state index in [1.165, 1.54) is 5.56 Å². The van der Waals surface area contributed by atoms with Gasteiger partial charge in [-0.2, -0.15) is 5.26 Å². The molecule has 5 heteroatoms. The molecule has 3 rings (SSSR count). The van der Waals surface area contributed by atoms with Crippen molar-refractivity contribution in [1.29, 1.82) is 5.26 Å². The summed E-state index contributed by atoms with van der Waals surface area (Å²) in [4.78, 5) is 14.3. The number of para-hydroxylation sites is 1. The fourth-order valence-corrected chi connectivity index (χ4v) is 2.66. The maximum Gasteiger partial charge on any atom is 0.267 e. The number of hydrogen-bond donors (Lipinski definition) is 1. The van der Waals surface area contributed by atoms with Gasteiger partial charge in [-0.1, -0.05) is 18.2 Å². The van der Waals surface area contributed by atoms with Gasteiger partial charge in [-0.05, 0) is 42.3 Å². The first-order valence-corrected chi connectivity index (χ1v) is 7.63. The van der Waals surface area contributed by atoms with Crippen LogP contribution < -0.4 is 15.0 Å². The van der Waals surface area contributed by atoms with Crippen molar-refractivity contribution in [3.63, 3.8) is 0 Å². The molecule has 0 saturated carbocycles. The molecule has 0 atom stereocenters. The molecule has 5 nitrogen and oxygen atoms in total. The molecule has 24 heavy (non-hydrogen) atoms. The van der Waals surface area contributed by atoms with Crippen LogP contribution in [-0.4, -0.2) is 19.6 Å². The summed E-state index contributed by atoms with van der Waals surface area (Å²) >= 11 is 0. The lowest BCUT2D eigenvalue weighted by atomic mass is 10.2. The second-order valence-electron chi connectivity index (χ2n) is 5.41. The second-order valence-corrected chi connectivity index (χ2v) is 5.41. The molecule has 1 amide bonds. The Balaban J connectivity index is 1.76. The number of methoxy groups -OCH3 is 1. The summed E-state index contributed by atoms with van der Waals surface area (Å²) in [5, 5.41) is 12.1. The third kappa shape index (κ3) is 3.23. The summed E-state index contributed by atoms with van der Waals surface area (Å²) in [5.41, 5.74) is 2.95. The molecule has 0 saturated heterocycles. The largest absolute Gasteiger partial charge is 0.497 e. The van der Waals surface area contributed by atoms with Crippen molar-refractivity contribution in [3.05, 3.63) is 65.9 Å². The van der Waals surface area contributed by atoms with Gasteiger partial charge in [0, 0.05) is 24.1 Å². The Labute approximate surface area is 140 Å². The third-order valence-electron chi connectivity index (χ3n) is 3.92. The molecule has 1 aliphatic rings. The average Bonchev–Trinajstić information content (AvgIpc) is 3.03. The normalized spacial score (nSPS) is 13.2. The van der Waals surface area contributed by atoms with Crippen LogP contribution in [0.5, 0.6) is 5.75 Å². The van der Waals surface area contributed by atoms with Crippen LogP contribution in [0.2, 0.25) is 0 Å². The van der Waals surface area contributed by atoms with Gasteiger partial charge in [-0.3, -0.25) is 4.79 Å². The highest BCUT2D eigenvalue weighted by molar-refractivity contribution is 6.06. The average molecular weight is 319 g/mol. The third-order valence-corrected chi connectivity index (χ3v) is 3.92. The van der Waals surface area contributed by atoms with Gasteiger partial charge in [-0.15, -0.1) is 0 Å². The van der Waals surface area contributed by atoms with Gasteiger partial charge in [0.25, 0.3) is 5.91 Å². The number of carbonyl (C=O) groups excluding carboxylic acids is 1. The number of fused-ring (bicyclic) bond motifs is 1. The van der Waals surface area contributed by atoms with E-state index in [1.54, 1.807) is 37.6 Å². The lowest BCUT2D eigenvalue weighted by Gasteiger charge is -2.14. The smallest absolute Gasteiger partial charge is 0.267 e. The van der Waals surface area contributed by atoms with E-state index in [0.29, 0.717) is 11.4 Å². The minimum absolute atomic E-state index is 0.0718. The summed E-state index contributed by atoms with van der Waals surface area (Å²) in [6, 6.07) is 17.0. The monoisotopic (exact) mass is 319 g/mol. The topological polar surface area (TPSA) is 65.4 Å². The van der Waals surface area contributed by atoms with Crippen LogP contribution >= 0.6 is 0 Å². The summed E-state index contributed by atoms with van der Waals surface area (Å²) in [5.74, 6) is 0.282. The number of benzene rings is 2. The van der Waals surface area contributed by atoms with Gasteiger partial charge in [-0.25, -0.2) is 0 Å². The van der Waals surface area contributed by atoms with E-state index in [0.717, 1.165) is 18.7 Å². The lowest BCUT2D eigenvalue weighted by molar-refractivity contribution is -0.112. The van der Waals surface area contributed by atoms with Crippen LogP contribution in [0.1, 0.15) is 5.56 Å². The molecule has 0 aromatic heterocycles. The highest BCUT2D eigenvalue weighted by Gasteiger charge is 2.19. The highest BCUT2D eigenvalue weighted by Crippen LogP contribution is 2.28. The number of amides is 1. The first-order chi connectivity index (χ1) is 11.7. The summed E-state index contributed by atoms with van der Waals surface area (Å²) in [7, 11) is 1.58.